The van der Waals surface area contributed by atoms with E-state index in [1.165, 1.54) is 0 Å². The highest BCUT2D eigenvalue weighted by Gasteiger charge is 2.17. The average molecular weight is 316 g/mol. The van der Waals surface area contributed by atoms with Crippen LogP contribution in [0.4, 0.5) is 4.79 Å². The molecule has 1 atom stereocenters. The topological polar surface area (TPSA) is 77.2 Å². The third kappa shape index (κ3) is 5.01. The van der Waals surface area contributed by atoms with Gasteiger partial charge in [-0.15, -0.1) is 0 Å². The van der Waals surface area contributed by atoms with Crippen molar-refractivity contribution in [3.05, 3.63) is 28.5 Å². The molecule has 1 aromatic rings. The summed E-state index contributed by atoms with van der Waals surface area (Å²) in [6, 6.07) is 3.33. The Morgan fingerprint density at radius 2 is 2.28 bits per heavy atom. The Bertz CT molecular complexity index is 418. The minimum atomic E-state index is -0.511. The van der Waals surface area contributed by atoms with Crippen LogP contribution in [0.3, 0.4) is 0 Å². The van der Waals surface area contributed by atoms with E-state index in [1.807, 2.05) is 26.8 Å². The molecular weight excluding hydrogens is 298 g/mol. The van der Waals surface area contributed by atoms with Crippen LogP contribution < -0.4 is 11.1 Å². The fraction of sp³-hybridized carbons (Fsp3) is 0.500. The van der Waals surface area contributed by atoms with E-state index in [2.05, 4.69) is 26.2 Å². The number of nitrogens with zero attached hydrogens (tertiary/aromatic N) is 1. The van der Waals surface area contributed by atoms with Crippen molar-refractivity contribution in [3.8, 4) is 0 Å². The average Bonchev–Trinajstić information content (AvgIpc) is 2.24. The van der Waals surface area contributed by atoms with Crippen LogP contribution in [0.25, 0.3) is 0 Å². The SMILES string of the molecule is CC(C)(C)OC(=O)NCC(N)c1cccnc1Br. The third-order valence-electron chi connectivity index (χ3n) is 2.05. The number of carbonyl (C=O) groups is 1. The predicted octanol–water partition coefficient (Wildman–Crippen LogP) is 2.37. The Kier molecular flexibility index (Phi) is 5.10. The van der Waals surface area contributed by atoms with Gasteiger partial charge >= 0.3 is 6.09 Å². The molecule has 0 aliphatic carbocycles. The largest absolute Gasteiger partial charge is 0.444 e. The molecule has 5 nitrogen and oxygen atoms in total. The van der Waals surface area contributed by atoms with Gasteiger partial charge in [0.2, 0.25) is 0 Å². The van der Waals surface area contributed by atoms with E-state index in [-0.39, 0.29) is 6.04 Å². The number of nitrogens with one attached hydrogen (secondary N) is 1. The Labute approximate surface area is 115 Å². The highest BCUT2D eigenvalue weighted by molar-refractivity contribution is 9.10. The van der Waals surface area contributed by atoms with Crippen LogP contribution in [0.15, 0.2) is 22.9 Å². The lowest BCUT2D eigenvalue weighted by Gasteiger charge is -2.21. The van der Waals surface area contributed by atoms with Gasteiger partial charge in [0.1, 0.15) is 10.2 Å². The lowest BCUT2D eigenvalue weighted by molar-refractivity contribution is 0.0524. The molecule has 1 aromatic heterocycles. The number of alkyl carbamates (subject to hydrolysis) is 1. The summed E-state index contributed by atoms with van der Waals surface area (Å²) in [7, 11) is 0. The fourth-order valence-electron chi connectivity index (χ4n) is 1.29. The zero-order valence-electron chi connectivity index (χ0n) is 10.7. The predicted molar refractivity (Wildman–Crippen MR) is 73.1 cm³/mol. The second-order valence-electron chi connectivity index (χ2n) is 4.87. The van der Waals surface area contributed by atoms with E-state index in [0.29, 0.717) is 11.1 Å². The molecule has 3 N–H and O–H groups in total. The quantitative estimate of drug-likeness (QED) is 0.839. The molecular formula is C12H18BrN3O2. The van der Waals surface area contributed by atoms with E-state index in [1.54, 1.807) is 12.3 Å². The van der Waals surface area contributed by atoms with Crippen molar-refractivity contribution in [2.75, 3.05) is 6.54 Å². The van der Waals surface area contributed by atoms with Crippen molar-refractivity contribution in [2.45, 2.75) is 32.4 Å². The van der Waals surface area contributed by atoms with Gasteiger partial charge in [-0.2, -0.15) is 0 Å². The number of hydrogen-bond acceptors (Lipinski definition) is 4. The van der Waals surface area contributed by atoms with Crippen molar-refractivity contribution in [2.24, 2.45) is 5.73 Å². The van der Waals surface area contributed by atoms with Gasteiger partial charge in [0.15, 0.2) is 0 Å². The normalized spacial score (nSPS) is 12.9. The minimum Gasteiger partial charge on any atom is -0.444 e. The van der Waals surface area contributed by atoms with Gasteiger partial charge in [-0.1, -0.05) is 6.07 Å². The summed E-state index contributed by atoms with van der Waals surface area (Å²) in [5.41, 5.74) is 6.30. The Morgan fingerprint density at radius 3 is 2.83 bits per heavy atom. The molecule has 1 amide bonds. The van der Waals surface area contributed by atoms with E-state index < -0.39 is 11.7 Å². The summed E-state index contributed by atoms with van der Waals surface area (Å²) in [4.78, 5) is 15.5. The summed E-state index contributed by atoms with van der Waals surface area (Å²) in [6.07, 6.45) is 1.19. The van der Waals surface area contributed by atoms with Gasteiger partial charge in [-0.05, 0) is 42.8 Å². The Morgan fingerprint density at radius 1 is 1.61 bits per heavy atom. The second-order valence-corrected chi connectivity index (χ2v) is 5.62. The maximum absolute atomic E-state index is 11.5. The van der Waals surface area contributed by atoms with Crippen LogP contribution in [0.1, 0.15) is 32.4 Å². The molecule has 6 heteroatoms. The van der Waals surface area contributed by atoms with Crippen LogP contribution in [0.2, 0.25) is 0 Å². The second kappa shape index (κ2) is 6.15. The zero-order chi connectivity index (χ0) is 13.8. The molecule has 0 saturated carbocycles. The first-order valence-corrected chi connectivity index (χ1v) is 6.42. The van der Waals surface area contributed by atoms with Crippen molar-refractivity contribution in [1.82, 2.24) is 10.3 Å². The number of hydrogen-bond donors (Lipinski definition) is 2. The molecule has 0 aromatic carbocycles. The third-order valence-corrected chi connectivity index (χ3v) is 2.72. The lowest BCUT2D eigenvalue weighted by atomic mass is 10.1. The smallest absolute Gasteiger partial charge is 0.407 e. The zero-order valence-corrected chi connectivity index (χ0v) is 12.3. The van der Waals surface area contributed by atoms with Gasteiger partial charge in [0.25, 0.3) is 0 Å². The van der Waals surface area contributed by atoms with Gasteiger partial charge in [0.05, 0.1) is 0 Å². The number of ether oxygens (including phenoxy) is 1. The van der Waals surface area contributed by atoms with Crippen LogP contribution >= 0.6 is 15.9 Å². The fourth-order valence-corrected chi connectivity index (χ4v) is 1.84. The molecule has 0 spiro atoms. The number of pyridine rings is 1. The van der Waals surface area contributed by atoms with Gasteiger partial charge in [0, 0.05) is 24.3 Å². The maximum atomic E-state index is 11.5. The van der Waals surface area contributed by atoms with Crippen LogP contribution in [0, 0.1) is 0 Å². The molecule has 0 bridgehead atoms. The van der Waals surface area contributed by atoms with Crippen molar-refractivity contribution < 1.29 is 9.53 Å². The van der Waals surface area contributed by atoms with Gasteiger partial charge in [-0.3, -0.25) is 0 Å². The van der Waals surface area contributed by atoms with Crippen LogP contribution in [0.5, 0.6) is 0 Å². The number of halogens is 1. The Balaban J connectivity index is 2.49. The van der Waals surface area contributed by atoms with Gasteiger partial charge in [-0.25, -0.2) is 9.78 Å². The highest BCUT2D eigenvalue weighted by atomic mass is 79.9. The molecule has 1 heterocycles. The van der Waals surface area contributed by atoms with E-state index in [0.717, 1.165) is 5.56 Å². The summed E-state index contributed by atoms with van der Waals surface area (Å²) in [5.74, 6) is 0. The van der Waals surface area contributed by atoms with Crippen molar-refractivity contribution in [3.63, 3.8) is 0 Å². The van der Waals surface area contributed by atoms with E-state index >= 15 is 0 Å². The maximum Gasteiger partial charge on any atom is 0.407 e. The van der Waals surface area contributed by atoms with Gasteiger partial charge < -0.3 is 15.8 Å². The first-order chi connectivity index (χ1) is 8.29. The molecule has 0 aliphatic heterocycles. The van der Waals surface area contributed by atoms with Crippen LogP contribution in [-0.4, -0.2) is 23.2 Å². The number of carbonyl (C=O) groups excluding carboxylic acids is 1. The number of nitrogens with two attached hydrogens (primary N) is 1. The van der Waals surface area contributed by atoms with Crippen LogP contribution in [-0.2, 0) is 4.74 Å². The molecule has 100 valence electrons. The summed E-state index contributed by atoms with van der Waals surface area (Å²) >= 11 is 3.32. The van der Waals surface area contributed by atoms with E-state index in [4.69, 9.17) is 10.5 Å². The molecule has 1 unspecified atom stereocenters. The number of amides is 1. The molecule has 0 fully saturated rings. The standard InChI is InChI=1S/C12H18BrN3O2/c1-12(2,3)18-11(17)16-7-9(14)8-5-4-6-15-10(8)13/h4-6,9H,7,14H2,1-3H3,(H,16,17). The lowest BCUT2D eigenvalue weighted by Crippen LogP contribution is -2.36. The highest BCUT2D eigenvalue weighted by Crippen LogP contribution is 2.18. The minimum absolute atomic E-state index is 0.291. The molecule has 1 rings (SSSR count). The number of rotatable bonds is 3. The van der Waals surface area contributed by atoms with E-state index in [9.17, 15) is 4.79 Å². The molecule has 0 saturated heterocycles. The molecule has 0 aliphatic rings. The summed E-state index contributed by atoms with van der Waals surface area (Å²) in [6.45, 7) is 5.72. The Hall–Kier alpha value is -1.14. The summed E-state index contributed by atoms with van der Waals surface area (Å²) in [5, 5.41) is 2.63. The molecule has 0 radical (unpaired) electrons. The number of aromatic nitrogens is 1. The molecule has 18 heavy (non-hydrogen) atoms. The monoisotopic (exact) mass is 315 g/mol. The van der Waals surface area contributed by atoms with Crippen molar-refractivity contribution in [1.29, 1.82) is 0 Å². The first-order valence-electron chi connectivity index (χ1n) is 5.62. The van der Waals surface area contributed by atoms with Crippen molar-refractivity contribution >= 4 is 22.0 Å². The first kappa shape index (κ1) is 14.9. The summed E-state index contributed by atoms with van der Waals surface area (Å²) < 4.78 is 5.81.